The van der Waals surface area contributed by atoms with Crippen LogP contribution in [0.2, 0.25) is 10.0 Å². The van der Waals surface area contributed by atoms with Crippen LogP contribution in [0.25, 0.3) is 0 Å². The van der Waals surface area contributed by atoms with Gasteiger partial charge >= 0.3 is 0 Å². The molecule has 0 saturated carbocycles. The van der Waals surface area contributed by atoms with E-state index in [2.05, 4.69) is 5.32 Å². The van der Waals surface area contributed by atoms with Crippen LogP contribution in [0.15, 0.2) is 36.4 Å². The predicted octanol–water partition coefficient (Wildman–Crippen LogP) is 5.35. The molecule has 7 heteroatoms. The fourth-order valence-corrected chi connectivity index (χ4v) is 3.73. The summed E-state index contributed by atoms with van der Waals surface area (Å²) in [5, 5.41) is 13.4. The number of aromatic hydroxyl groups is 1. The summed E-state index contributed by atoms with van der Waals surface area (Å²) in [7, 11) is 0. The van der Waals surface area contributed by atoms with E-state index in [1.54, 1.807) is 0 Å². The summed E-state index contributed by atoms with van der Waals surface area (Å²) in [6.07, 6.45) is 5.75. The van der Waals surface area contributed by atoms with E-state index < -0.39 is 5.91 Å². The normalized spacial score (nSPS) is 11.9. The summed E-state index contributed by atoms with van der Waals surface area (Å²) in [5.41, 5.74) is 6.62. The minimum absolute atomic E-state index is 0.0269. The molecule has 0 aromatic heterocycles. The average Bonchev–Trinajstić information content (AvgIpc) is 2.72. The Morgan fingerprint density at radius 2 is 1.80 bits per heavy atom. The second kappa shape index (κ2) is 12.7. The number of hydrogen-bond donors (Lipinski definition) is 3. The van der Waals surface area contributed by atoms with Crippen molar-refractivity contribution in [3.05, 3.63) is 57.6 Å². The van der Waals surface area contributed by atoms with Crippen LogP contribution in [0.3, 0.4) is 0 Å². The third-order valence-electron chi connectivity index (χ3n) is 4.75. The standard InChI is InChI=1S/C23H30Cl2N2O3/c1-16(14-17-10-6-5-7-11-17)27-23(29)18-15-19(24)22(20(25)21(18)28)30-13-9-4-2-3-8-12-26/h5-7,10-11,15-16,28H,2-4,8-9,12-14,26H2,1H3,(H,27,29)/t16-/m1/s1. The molecular weight excluding hydrogens is 423 g/mol. The van der Waals surface area contributed by atoms with Crippen molar-refractivity contribution in [2.45, 2.75) is 51.5 Å². The summed E-state index contributed by atoms with van der Waals surface area (Å²) in [4.78, 5) is 12.6. The van der Waals surface area contributed by atoms with Gasteiger partial charge in [-0.3, -0.25) is 4.79 Å². The second-order valence-corrected chi connectivity index (χ2v) is 8.15. The van der Waals surface area contributed by atoms with Gasteiger partial charge in [0.1, 0.15) is 5.02 Å². The monoisotopic (exact) mass is 452 g/mol. The van der Waals surface area contributed by atoms with Crippen LogP contribution in [0.4, 0.5) is 0 Å². The quantitative estimate of drug-likeness (QED) is 0.379. The molecule has 0 radical (unpaired) electrons. The molecule has 0 saturated heterocycles. The molecule has 30 heavy (non-hydrogen) atoms. The Bertz CT molecular complexity index is 816. The lowest BCUT2D eigenvalue weighted by Gasteiger charge is -2.17. The maximum atomic E-state index is 12.6. The minimum atomic E-state index is -0.439. The molecule has 0 unspecified atom stereocenters. The number of unbranched alkanes of at least 4 members (excludes halogenated alkanes) is 4. The molecule has 5 nitrogen and oxygen atoms in total. The van der Waals surface area contributed by atoms with Crippen LogP contribution >= 0.6 is 23.2 Å². The smallest absolute Gasteiger partial charge is 0.255 e. The average molecular weight is 453 g/mol. The van der Waals surface area contributed by atoms with Crippen LogP contribution in [0.5, 0.6) is 11.5 Å². The Hall–Kier alpha value is -1.95. The van der Waals surface area contributed by atoms with Gasteiger partial charge in [0.05, 0.1) is 17.2 Å². The lowest BCUT2D eigenvalue weighted by Crippen LogP contribution is -2.34. The lowest BCUT2D eigenvalue weighted by atomic mass is 10.1. The van der Waals surface area contributed by atoms with Crippen molar-refractivity contribution >= 4 is 29.1 Å². The number of ether oxygens (including phenoxy) is 1. The highest BCUT2D eigenvalue weighted by Gasteiger charge is 2.22. The van der Waals surface area contributed by atoms with E-state index in [4.69, 9.17) is 33.7 Å². The number of rotatable bonds is 12. The Balaban J connectivity index is 1.94. The van der Waals surface area contributed by atoms with Crippen LogP contribution in [0, 0.1) is 0 Å². The molecule has 1 amide bonds. The van der Waals surface area contributed by atoms with Gasteiger partial charge in [0.15, 0.2) is 11.5 Å². The number of phenols is 1. The summed E-state index contributed by atoms with van der Waals surface area (Å²) in [5.74, 6) is -0.568. The Labute approximate surface area is 188 Å². The van der Waals surface area contributed by atoms with Crippen molar-refractivity contribution in [2.24, 2.45) is 5.73 Å². The van der Waals surface area contributed by atoms with E-state index in [0.29, 0.717) is 19.6 Å². The Kier molecular flexibility index (Phi) is 10.3. The summed E-state index contributed by atoms with van der Waals surface area (Å²) in [6.45, 7) is 3.04. The number of benzene rings is 2. The van der Waals surface area contributed by atoms with E-state index >= 15 is 0 Å². The van der Waals surface area contributed by atoms with E-state index in [-0.39, 0.29) is 33.1 Å². The van der Waals surface area contributed by atoms with Crippen LogP contribution < -0.4 is 15.8 Å². The van der Waals surface area contributed by atoms with Gasteiger partial charge in [0, 0.05) is 6.04 Å². The van der Waals surface area contributed by atoms with Crippen LogP contribution in [-0.4, -0.2) is 30.2 Å². The number of nitrogens with one attached hydrogen (secondary N) is 1. The van der Waals surface area contributed by atoms with Crippen molar-refractivity contribution in [3.63, 3.8) is 0 Å². The number of nitrogens with two attached hydrogens (primary N) is 1. The Morgan fingerprint density at radius 3 is 2.50 bits per heavy atom. The third-order valence-corrected chi connectivity index (χ3v) is 5.38. The number of carbonyl (C=O) groups excluding carboxylic acids is 1. The van der Waals surface area contributed by atoms with E-state index in [1.807, 2.05) is 37.3 Å². The molecule has 0 aliphatic rings. The van der Waals surface area contributed by atoms with Gasteiger partial charge in [-0.25, -0.2) is 0 Å². The van der Waals surface area contributed by atoms with E-state index in [0.717, 1.165) is 37.7 Å². The molecule has 164 valence electrons. The number of amides is 1. The minimum Gasteiger partial charge on any atom is -0.505 e. The molecule has 1 atom stereocenters. The van der Waals surface area contributed by atoms with Gasteiger partial charge in [-0.2, -0.15) is 0 Å². The first-order chi connectivity index (χ1) is 14.4. The van der Waals surface area contributed by atoms with Crippen molar-refractivity contribution in [3.8, 4) is 11.5 Å². The van der Waals surface area contributed by atoms with Crippen LogP contribution in [0.1, 0.15) is 54.9 Å². The molecule has 0 spiro atoms. The number of carbonyl (C=O) groups is 1. The molecule has 0 aliphatic heterocycles. The first-order valence-corrected chi connectivity index (χ1v) is 11.1. The molecule has 2 aromatic carbocycles. The second-order valence-electron chi connectivity index (χ2n) is 7.37. The lowest BCUT2D eigenvalue weighted by molar-refractivity contribution is 0.0937. The zero-order valence-electron chi connectivity index (χ0n) is 17.3. The van der Waals surface area contributed by atoms with Crippen molar-refractivity contribution in [2.75, 3.05) is 13.2 Å². The molecule has 4 N–H and O–H groups in total. The molecule has 0 aliphatic carbocycles. The molecular formula is C23H30Cl2N2O3. The van der Waals surface area contributed by atoms with Crippen molar-refractivity contribution in [1.29, 1.82) is 0 Å². The molecule has 2 rings (SSSR count). The largest absolute Gasteiger partial charge is 0.505 e. The highest BCUT2D eigenvalue weighted by atomic mass is 35.5. The molecule has 0 heterocycles. The van der Waals surface area contributed by atoms with Gasteiger partial charge in [0.2, 0.25) is 0 Å². The third kappa shape index (κ3) is 7.38. The molecule has 0 fully saturated rings. The zero-order valence-corrected chi connectivity index (χ0v) is 18.8. The fourth-order valence-electron chi connectivity index (χ4n) is 3.17. The first-order valence-electron chi connectivity index (χ1n) is 10.3. The number of halogens is 2. The van der Waals surface area contributed by atoms with Gasteiger partial charge in [0.25, 0.3) is 5.91 Å². The fraction of sp³-hybridized carbons (Fsp3) is 0.435. The highest BCUT2D eigenvalue weighted by molar-refractivity contribution is 6.39. The van der Waals surface area contributed by atoms with Gasteiger partial charge < -0.3 is 20.9 Å². The Morgan fingerprint density at radius 1 is 1.13 bits per heavy atom. The zero-order chi connectivity index (χ0) is 21.9. The molecule has 0 bridgehead atoms. The van der Waals surface area contributed by atoms with E-state index in [9.17, 15) is 9.90 Å². The number of hydrogen-bond acceptors (Lipinski definition) is 4. The van der Waals surface area contributed by atoms with Gasteiger partial charge in [-0.05, 0) is 44.4 Å². The predicted molar refractivity (Wildman–Crippen MR) is 123 cm³/mol. The SMILES string of the molecule is C[C@H](Cc1ccccc1)NC(=O)c1cc(Cl)c(OCCCCCCCN)c(Cl)c1O. The maximum absolute atomic E-state index is 12.6. The van der Waals surface area contributed by atoms with Crippen LogP contribution in [-0.2, 0) is 6.42 Å². The topological polar surface area (TPSA) is 84.6 Å². The molecule has 2 aromatic rings. The maximum Gasteiger partial charge on any atom is 0.255 e. The summed E-state index contributed by atoms with van der Waals surface area (Å²) >= 11 is 12.5. The summed E-state index contributed by atoms with van der Waals surface area (Å²) in [6, 6.07) is 11.1. The summed E-state index contributed by atoms with van der Waals surface area (Å²) < 4.78 is 5.67. The van der Waals surface area contributed by atoms with Gasteiger partial charge in [-0.1, -0.05) is 72.8 Å². The van der Waals surface area contributed by atoms with Crippen molar-refractivity contribution < 1.29 is 14.6 Å². The first kappa shape index (κ1) is 24.3. The van der Waals surface area contributed by atoms with Crippen molar-refractivity contribution in [1.82, 2.24) is 5.32 Å². The van der Waals surface area contributed by atoms with E-state index in [1.165, 1.54) is 6.07 Å². The van der Waals surface area contributed by atoms with Gasteiger partial charge in [-0.15, -0.1) is 0 Å². The highest BCUT2D eigenvalue weighted by Crippen LogP contribution is 2.42. The number of phenolic OH excluding ortho intramolecular Hbond substituents is 1.